The Morgan fingerprint density at radius 3 is 2.46 bits per heavy atom. The van der Waals surface area contributed by atoms with Gasteiger partial charge in [0.05, 0.1) is 5.69 Å². The molecule has 1 saturated heterocycles. The molecular weight excluding hydrogens is 328 g/mol. The summed E-state index contributed by atoms with van der Waals surface area (Å²) < 4.78 is 5.21. The monoisotopic (exact) mass is 348 g/mol. The van der Waals surface area contributed by atoms with Crippen molar-refractivity contribution in [2.24, 2.45) is 0 Å². The number of nitrogens with zero attached hydrogens (tertiary/aromatic N) is 3. The minimum atomic E-state index is -0.0747. The summed E-state index contributed by atoms with van der Waals surface area (Å²) in [7, 11) is 0. The van der Waals surface area contributed by atoms with Crippen LogP contribution in [0.25, 0.3) is 0 Å². The predicted molar refractivity (Wildman–Crippen MR) is 93.3 cm³/mol. The van der Waals surface area contributed by atoms with Crippen molar-refractivity contribution in [3.05, 3.63) is 46.3 Å². The summed E-state index contributed by atoms with van der Waals surface area (Å²) >= 11 is 5.85. The largest absolute Gasteiger partial charge is 0.361 e. The van der Waals surface area contributed by atoms with Crippen molar-refractivity contribution in [1.82, 2.24) is 15.0 Å². The van der Waals surface area contributed by atoms with Gasteiger partial charge in [0.2, 0.25) is 0 Å². The van der Waals surface area contributed by atoms with Gasteiger partial charge >= 0.3 is 6.03 Å². The van der Waals surface area contributed by atoms with E-state index in [-0.39, 0.29) is 6.03 Å². The summed E-state index contributed by atoms with van der Waals surface area (Å²) in [5.41, 5.74) is 2.84. The maximum Gasteiger partial charge on any atom is 0.321 e. The second-order valence-corrected chi connectivity index (χ2v) is 6.44. The van der Waals surface area contributed by atoms with Crippen LogP contribution in [0.2, 0.25) is 5.02 Å². The van der Waals surface area contributed by atoms with Crippen molar-refractivity contribution in [2.45, 2.75) is 20.4 Å². The standard InChI is InChI=1S/C17H21ClN4O2/c1-12-16(13(2)24-20-12)11-21-7-9-22(10-8-21)17(23)19-15-5-3-14(18)4-6-15/h3-6H,7-11H2,1-2H3,(H,19,23). The molecule has 1 fully saturated rings. The molecule has 1 aromatic heterocycles. The van der Waals surface area contributed by atoms with E-state index in [1.807, 2.05) is 18.7 Å². The third kappa shape index (κ3) is 3.88. The van der Waals surface area contributed by atoms with Crippen molar-refractivity contribution < 1.29 is 9.32 Å². The highest BCUT2D eigenvalue weighted by Gasteiger charge is 2.22. The average molecular weight is 349 g/mol. The van der Waals surface area contributed by atoms with Crippen molar-refractivity contribution in [3.8, 4) is 0 Å². The Bertz CT molecular complexity index is 686. The molecule has 1 aliphatic heterocycles. The maximum absolute atomic E-state index is 12.3. The number of rotatable bonds is 3. The van der Waals surface area contributed by atoms with Gasteiger partial charge in [-0.25, -0.2) is 4.79 Å². The van der Waals surface area contributed by atoms with E-state index in [0.29, 0.717) is 18.1 Å². The Morgan fingerprint density at radius 1 is 1.21 bits per heavy atom. The van der Waals surface area contributed by atoms with Gasteiger partial charge in [-0.2, -0.15) is 0 Å². The Balaban J connectivity index is 1.51. The summed E-state index contributed by atoms with van der Waals surface area (Å²) in [5.74, 6) is 0.871. The lowest BCUT2D eigenvalue weighted by atomic mass is 10.2. The number of urea groups is 1. The quantitative estimate of drug-likeness (QED) is 0.924. The Hall–Kier alpha value is -2.05. The molecule has 0 saturated carbocycles. The first-order valence-corrected chi connectivity index (χ1v) is 8.36. The summed E-state index contributed by atoms with van der Waals surface area (Å²) in [4.78, 5) is 16.5. The second kappa shape index (κ2) is 7.23. The van der Waals surface area contributed by atoms with E-state index in [2.05, 4.69) is 15.4 Å². The third-order valence-corrected chi connectivity index (χ3v) is 4.57. The van der Waals surface area contributed by atoms with Gasteiger partial charge in [0.1, 0.15) is 5.76 Å². The van der Waals surface area contributed by atoms with Gasteiger partial charge in [-0.3, -0.25) is 4.90 Å². The number of nitrogens with one attached hydrogen (secondary N) is 1. The molecule has 1 N–H and O–H groups in total. The second-order valence-electron chi connectivity index (χ2n) is 6.00. The lowest BCUT2D eigenvalue weighted by Crippen LogP contribution is -2.49. The summed E-state index contributed by atoms with van der Waals surface area (Å²) in [6, 6.07) is 7.05. The fourth-order valence-electron chi connectivity index (χ4n) is 2.80. The molecule has 2 amide bonds. The number of aryl methyl sites for hydroxylation is 2. The molecule has 2 aromatic rings. The van der Waals surface area contributed by atoms with Crippen molar-refractivity contribution in [3.63, 3.8) is 0 Å². The zero-order valence-corrected chi connectivity index (χ0v) is 14.6. The molecule has 128 valence electrons. The smallest absolute Gasteiger partial charge is 0.321 e. The number of benzene rings is 1. The minimum Gasteiger partial charge on any atom is -0.361 e. The van der Waals surface area contributed by atoms with Crippen LogP contribution in [-0.2, 0) is 6.54 Å². The molecule has 0 spiro atoms. The van der Waals surface area contributed by atoms with Crippen LogP contribution in [-0.4, -0.2) is 47.2 Å². The van der Waals surface area contributed by atoms with Crippen LogP contribution >= 0.6 is 11.6 Å². The molecule has 7 heteroatoms. The zero-order valence-electron chi connectivity index (χ0n) is 13.9. The van der Waals surface area contributed by atoms with Crippen LogP contribution in [0.4, 0.5) is 10.5 Å². The molecule has 24 heavy (non-hydrogen) atoms. The van der Waals surface area contributed by atoms with E-state index in [9.17, 15) is 4.79 Å². The highest BCUT2D eigenvalue weighted by molar-refractivity contribution is 6.30. The summed E-state index contributed by atoms with van der Waals surface area (Å²) in [6.07, 6.45) is 0. The van der Waals surface area contributed by atoms with E-state index in [0.717, 1.165) is 42.3 Å². The van der Waals surface area contributed by atoms with Crippen LogP contribution in [0.1, 0.15) is 17.0 Å². The third-order valence-electron chi connectivity index (χ3n) is 4.32. The highest BCUT2D eigenvalue weighted by Crippen LogP contribution is 2.17. The number of hydrogen-bond acceptors (Lipinski definition) is 4. The Morgan fingerprint density at radius 2 is 1.88 bits per heavy atom. The van der Waals surface area contributed by atoms with E-state index < -0.39 is 0 Å². The number of piperazine rings is 1. The van der Waals surface area contributed by atoms with Gasteiger partial charge in [0.25, 0.3) is 0 Å². The number of amides is 2. The number of anilines is 1. The van der Waals surface area contributed by atoms with Crippen LogP contribution in [0.3, 0.4) is 0 Å². The average Bonchev–Trinajstić information content (AvgIpc) is 2.89. The fourth-order valence-corrected chi connectivity index (χ4v) is 2.92. The van der Waals surface area contributed by atoms with E-state index >= 15 is 0 Å². The van der Waals surface area contributed by atoms with Crippen molar-refractivity contribution in [1.29, 1.82) is 0 Å². The zero-order chi connectivity index (χ0) is 17.1. The van der Waals surface area contributed by atoms with Gasteiger partial charge in [-0.15, -0.1) is 0 Å². The molecule has 6 nitrogen and oxygen atoms in total. The lowest BCUT2D eigenvalue weighted by molar-refractivity contribution is 0.142. The minimum absolute atomic E-state index is 0.0747. The SMILES string of the molecule is Cc1noc(C)c1CN1CCN(C(=O)Nc2ccc(Cl)cc2)CC1. The van der Waals surface area contributed by atoms with Gasteiger partial charge < -0.3 is 14.7 Å². The van der Waals surface area contributed by atoms with Gasteiger partial charge in [0, 0.05) is 49.0 Å². The molecule has 3 rings (SSSR count). The molecule has 0 atom stereocenters. The van der Waals surface area contributed by atoms with E-state index in [4.69, 9.17) is 16.1 Å². The Labute approximate surface area is 146 Å². The molecular formula is C17H21ClN4O2. The number of carbonyl (C=O) groups is 1. The van der Waals surface area contributed by atoms with Crippen LogP contribution < -0.4 is 5.32 Å². The first kappa shape index (κ1) is 16.8. The number of hydrogen-bond donors (Lipinski definition) is 1. The first-order chi connectivity index (χ1) is 11.5. The normalized spacial score (nSPS) is 15.5. The summed E-state index contributed by atoms with van der Waals surface area (Å²) in [6.45, 7) is 7.77. The first-order valence-electron chi connectivity index (χ1n) is 7.98. The number of carbonyl (C=O) groups excluding carboxylic acids is 1. The predicted octanol–water partition coefficient (Wildman–Crippen LogP) is 3.29. The van der Waals surface area contributed by atoms with Crippen LogP contribution in [0.15, 0.2) is 28.8 Å². The molecule has 1 aromatic carbocycles. The number of halogens is 1. The van der Waals surface area contributed by atoms with Crippen LogP contribution in [0.5, 0.6) is 0 Å². The molecule has 0 radical (unpaired) electrons. The molecule has 2 heterocycles. The van der Waals surface area contributed by atoms with Crippen molar-refractivity contribution >= 4 is 23.3 Å². The van der Waals surface area contributed by atoms with Crippen molar-refractivity contribution in [2.75, 3.05) is 31.5 Å². The topological polar surface area (TPSA) is 61.6 Å². The fraction of sp³-hybridized carbons (Fsp3) is 0.412. The van der Waals surface area contributed by atoms with Crippen LogP contribution in [0, 0.1) is 13.8 Å². The molecule has 0 aliphatic carbocycles. The van der Waals surface area contributed by atoms with E-state index in [1.54, 1.807) is 24.3 Å². The summed E-state index contributed by atoms with van der Waals surface area (Å²) in [5, 5.41) is 7.55. The molecule has 0 bridgehead atoms. The van der Waals surface area contributed by atoms with Gasteiger partial charge in [0.15, 0.2) is 0 Å². The molecule has 1 aliphatic rings. The Kier molecular flexibility index (Phi) is 5.06. The number of aromatic nitrogens is 1. The maximum atomic E-state index is 12.3. The molecule has 0 unspecified atom stereocenters. The van der Waals surface area contributed by atoms with Gasteiger partial charge in [-0.1, -0.05) is 16.8 Å². The lowest BCUT2D eigenvalue weighted by Gasteiger charge is -2.34. The highest BCUT2D eigenvalue weighted by atomic mass is 35.5. The van der Waals surface area contributed by atoms with E-state index in [1.165, 1.54) is 0 Å². The van der Waals surface area contributed by atoms with Gasteiger partial charge in [-0.05, 0) is 38.1 Å².